The van der Waals surface area contributed by atoms with Gasteiger partial charge in [0.15, 0.2) is 5.65 Å². The molecule has 0 fully saturated rings. The zero-order valence-electron chi connectivity index (χ0n) is 16.9. The Labute approximate surface area is 185 Å². The molecule has 0 aliphatic rings. The Morgan fingerprint density at radius 2 is 2.00 bits per heavy atom. The Balaban J connectivity index is 1.41. The summed E-state index contributed by atoms with van der Waals surface area (Å²) in [6, 6.07) is 7.97. The molecular weight excluding hydrogens is 438 g/mol. The van der Waals surface area contributed by atoms with E-state index in [1.807, 2.05) is 31.2 Å². The number of ether oxygens (including phenoxy) is 1. The number of carbonyl (C=O) groups is 2. The van der Waals surface area contributed by atoms with Gasteiger partial charge in [-0.3, -0.25) is 14.9 Å². The van der Waals surface area contributed by atoms with E-state index >= 15 is 0 Å². The number of aryl methyl sites for hydroxylation is 1. The van der Waals surface area contributed by atoms with Crippen LogP contribution in [0.5, 0.6) is 0 Å². The quantitative estimate of drug-likeness (QED) is 0.314. The number of carbonyl (C=O) groups excluding carboxylic acids is 2. The zero-order chi connectivity index (χ0) is 21.8. The van der Waals surface area contributed by atoms with Gasteiger partial charge in [-0.1, -0.05) is 41.3 Å². The van der Waals surface area contributed by atoms with Crippen molar-refractivity contribution in [2.45, 2.75) is 32.0 Å². The second-order valence-corrected chi connectivity index (χ2v) is 8.35. The summed E-state index contributed by atoms with van der Waals surface area (Å²) >= 11 is 2.32. The SMILES string of the molecule is CCOC(=O)Cc1nnc(NC(=O)CSc2nnc3c4ccccc4n(CC)c3n2)s1. The zero-order valence-corrected chi connectivity index (χ0v) is 18.5. The number of nitrogens with one attached hydrogen (secondary N) is 1. The van der Waals surface area contributed by atoms with Gasteiger partial charge in [0.05, 0.1) is 24.3 Å². The third kappa shape index (κ3) is 4.64. The molecule has 0 radical (unpaired) electrons. The lowest BCUT2D eigenvalue weighted by Gasteiger charge is -2.03. The molecule has 0 aliphatic heterocycles. The van der Waals surface area contributed by atoms with Crippen molar-refractivity contribution in [1.82, 2.24) is 29.9 Å². The number of nitrogens with zero attached hydrogens (tertiary/aromatic N) is 6. The van der Waals surface area contributed by atoms with Crippen LogP contribution < -0.4 is 5.32 Å². The standard InChI is InChI=1S/C19H19N7O3S2/c1-3-26-12-8-6-5-7-11(12)16-17(26)21-18(24-23-16)30-10-13(27)20-19-25-22-14(31-19)9-15(28)29-4-2/h5-8H,3-4,9-10H2,1-2H3,(H,20,25,27). The topological polar surface area (TPSA) is 125 Å². The second-order valence-electron chi connectivity index (χ2n) is 6.35. The predicted molar refractivity (Wildman–Crippen MR) is 118 cm³/mol. The molecule has 1 N–H and O–H groups in total. The predicted octanol–water partition coefficient (Wildman–Crippen LogP) is 2.69. The first-order chi connectivity index (χ1) is 15.1. The minimum atomic E-state index is -0.378. The van der Waals surface area contributed by atoms with Crippen molar-refractivity contribution in [3.05, 3.63) is 29.3 Å². The highest BCUT2D eigenvalue weighted by molar-refractivity contribution is 7.99. The van der Waals surface area contributed by atoms with Gasteiger partial charge in [-0.05, 0) is 19.9 Å². The van der Waals surface area contributed by atoms with Crippen LogP contribution in [0.25, 0.3) is 22.1 Å². The first-order valence-corrected chi connectivity index (χ1v) is 11.4. The first-order valence-electron chi connectivity index (χ1n) is 9.61. The normalized spacial score (nSPS) is 11.2. The molecule has 3 heterocycles. The van der Waals surface area contributed by atoms with Crippen LogP contribution in [0.1, 0.15) is 18.9 Å². The van der Waals surface area contributed by atoms with E-state index < -0.39 is 0 Å². The number of anilines is 1. The van der Waals surface area contributed by atoms with Crippen LogP contribution in [0.4, 0.5) is 5.13 Å². The van der Waals surface area contributed by atoms with Crippen molar-refractivity contribution < 1.29 is 14.3 Å². The highest BCUT2D eigenvalue weighted by Gasteiger charge is 2.16. The lowest BCUT2D eigenvalue weighted by atomic mass is 10.2. The van der Waals surface area contributed by atoms with Crippen LogP contribution in [0.3, 0.4) is 0 Å². The van der Waals surface area contributed by atoms with E-state index in [9.17, 15) is 9.59 Å². The van der Waals surface area contributed by atoms with Crippen LogP contribution in [-0.4, -0.2) is 54.2 Å². The monoisotopic (exact) mass is 457 g/mol. The van der Waals surface area contributed by atoms with Crippen LogP contribution in [0.2, 0.25) is 0 Å². The number of esters is 1. The van der Waals surface area contributed by atoms with Crippen molar-refractivity contribution in [2.24, 2.45) is 0 Å². The van der Waals surface area contributed by atoms with Crippen LogP contribution in [0.15, 0.2) is 29.4 Å². The van der Waals surface area contributed by atoms with Gasteiger partial charge in [-0.2, -0.15) is 0 Å². The molecule has 12 heteroatoms. The smallest absolute Gasteiger partial charge is 0.312 e. The Hall–Kier alpha value is -3.12. The van der Waals surface area contributed by atoms with E-state index in [-0.39, 0.29) is 24.1 Å². The molecular formula is C19H19N7O3S2. The molecule has 4 rings (SSSR count). The van der Waals surface area contributed by atoms with Crippen molar-refractivity contribution in [2.75, 3.05) is 17.7 Å². The molecule has 10 nitrogen and oxygen atoms in total. The molecule has 1 amide bonds. The lowest BCUT2D eigenvalue weighted by Crippen LogP contribution is -2.14. The van der Waals surface area contributed by atoms with Gasteiger partial charge in [-0.25, -0.2) is 4.98 Å². The molecule has 0 bridgehead atoms. The number of fused-ring (bicyclic) bond motifs is 3. The molecule has 31 heavy (non-hydrogen) atoms. The number of hydrogen-bond acceptors (Lipinski definition) is 10. The van der Waals surface area contributed by atoms with E-state index in [2.05, 4.69) is 35.3 Å². The Morgan fingerprint density at radius 1 is 1.16 bits per heavy atom. The lowest BCUT2D eigenvalue weighted by molar-refractivity contribution is -0.142. The minimum absolute atomic E-state index is 0.0288. The van der Waals surface area contributed by atoms with Crippen LogP contribution >= 0.6 is 23.1 Å². The number of hydrogen-bond donors (Lipinski definition) is 1. The van der Waals surface area contributed by atoms with Crippen molar-refractivity contribution in [1.29, 1.82) is 0 Å². The van der Waals surface area contributed by atoms with E-state index in [0.717, 1.165) is 39.9 Å². The average Bonchev–Trinajstić information content (AvgIpc) is 3.33. The van der Waals surface area contributed by atoms with Gasteiger partial charge in [0.1, 0.15) is 10.5 Å². The molecule has 0 unspecified atom stereocenters. The fourth-order valence-electron chi connectivity index (χ4n) is 3.07. The number of thioether (sulfide) groups is 1. The van der Waals surface area contributed by atoms with Crippen molar-refractivity contribution in [3.63, 3.8) is 0 Å². The summed E-state index contributed by atoms with van der Waals surface area (Å²) in [6.45, 7) is 4.84. The van der Waals surface area contributed by atoms with E-state index in [1.165, 1.54) is 11.8 Å². The molecule has 0 saturated heterocycles. The molecule has 0 spiro atoms. The highest BCUT2D eigenvalue weighted by atomic mass is 32.2. The van der Waals surface area contributed by atoms with Crippen LogP contribution in [0, 0.1) is 0 Å². The van der Waals surface area contributed by atoms with Gasteiger partial charge in [0.25, 0.3) is 0 Å². The molecule has 0 aliphatic carbocycles. The van der Waals surface area contributed by atoms with Gasteiger partial charge in [0.2, 0.25) is 16.2 Å². The maximum atomic E-state index is 12.3. The van der Waals surface area contributed by atoms with Gasteiger partial charge in [0, 0.05) is 11.9 Å². The summed E-state index contributed by atoms with van der Waals surface area (Å²) in [5.41, 5.74) is 2.54. The second kappa shape index (κ2) is 9.35. The summed E-state index contributed by atoms with van der Waals surface area (Å²) in [7, 11) is 0. The molecule has 0 saturated carbocycles. The Bertz CT molecular complexity index is 1250. The van der Waals surface area contributed by atoms with Gasteiger partial charge < -0.3 is 9.30 Å². The summed E-state index contributed by atoms with van der Waals surface area (Å²) in [5, 5.41) is 21.2. The van der Waals surface area contributed by atoms with E-state index in [1.54, 1.807) is 6.92 Å². The third-order valence-electron chi connectivity index (χ3n) is 4.32. The summed E-state index contributed by atoms with van der Waals surface area (Å²) < 4.78 is 6.96. The molecule has 0 atom stereocenters. The molecule has 1 aromatic carbocycles. The van der Waals surface area contributed by atoms with Gasteiger partial charge in [-0.15, -0.1) is 20.4 Å². The van der Waals surface area contributed by atoms with E-state index in [4.69, 9.17) is 4.74 Å². The summed E-state index contributed by atoms with van der Waals surface area (Å²) in [4.78, 5) is 28.4. The highest BCUT2D eigenvalue weighted by Crippen LogP contribution is 2.27. The Morgan fingerprint density at radius 3 is 2.81 bits per heavy atom. The van der Waals surface area contributed by atoms with Crippen LogP contribution in [-0.2, 0) is 27.3 Å². The van der Waals surface area contributed by atoms with Crippen molar-refractivity contribution >= 4 is 62.2 Å². The average molecular weight is 458 g/mol. The molecule has 160 valence electrons. The molecule has 3 aromatic heterocycles. The maximum absolute atomic E-state index is 12.3. The summed E-state index contributed by atoms with van der Waals surface area (Å²) in [6.07, 6.45) is 0.0288. The molecule has 4 aromatic rings. The number of benzene rings is 1. The van der Waals surface area contributed by atoms with Gasteiger partial charge >= 0.3 is 5.97 Å². The fraction of sp³-hybridized carbons (Fsp3) is 0.316. The number of aromatic nitrogens is 6. The van der Waals surface area contributed by atoms with E-state index in [0.29, 0.717) is 21.9 Å². The number of para-hydroxylation sites is 1. The minimum Gasteiger partial charge on any atom is -0.466 e. The largest absolute Gasteiger partial charge is 0.466 e. The Kier molecular flexibility index (Phi) is 6.37. The number of rotatable bonds is 8. The third-order valence-corrected chi connectivity index (χ3v) is 5.99. The summed E-state index contributed by atoms with van der Waals surface area (Å²) in [5.74, 6) is -0.563. The fourth-order valence-corrected chi connectivity index (χ4v) is 4.39. The van der Waals surface area contributed by atoms with Crippen molar-refractivity contribution in [3.8, 4) is 0 Å². The number of amides is 1. The first kappa shape index (κ1) is 21.1. The maximum Gasteiger partial charge on any atom is 0.312 e.